The number of ether oxygens (including phenoxy) is 1. The van der Waals surface area contributed by atoms with E-state index in [4.69, 9.17) is 4.74 Å². The van der Waals surface area contributed by atoms with E-state index in [9.17, 15) is 9.59 Å². The largest absolute Gasteiger partial charge is 0.378 e. The van der Waals surface area contributed by atoms with E-state index >= 15 is 0 Å². The predicted molar refractivity (Wildman–Crippen MR) is 73.5 cm³/mol. The summed E-state index contributed by atoms with van der Waals surface area (Å²) in [7, 11) is 0. The van der Waals surface area contributed by atoms with Crippen molar-refractivity contribution < 1.29 is 14.3 Å². The van der Waals surface area contributed by atoms with E-state index in [0.717, 1.165) is 0 Å². The Morgan fingerprint density at radius 3 is 2.65 bits per heavy atom. The zero-order valence-electron chi connectivity index (χ0n) is 11.9. The third-order valence-electron chi connectivity index (χ3n) is 3.24. The first kappa shape index (κ1) is 14.5. The van der Waals surface area contributed by atoms with Crippen LogP contribution in [0.4, 0.5) is 5.69 Å². The second-order valence-electron chi connectivity index (χ2n) is 4.53. The molecule has 2 rings (SSSR count). The minimum atomic E-state index is -0.128. The van der Waals surface area contributed by atoms with Gasteiger partial charge in [-0.1, -0.05) is 6.92 Å². The van der Waals surface area contributed by atoms with Crippen LogP contribution in [0.1, 0.15) is 30.8 Å². The van der Waals surface area contributed by atoms with E-state index in [0.29, 0.717) is 50.7 Å². The third kappa shape index (κ3) is 2.98. The van der Waals surface area contributed by atoms with Gasteiger partial charge in [-0.3, -0.25) is 14.3 Å². The second kappa shape index (κ2) is 6.51. The fraction of sp³-hybridized carbons (Fsp3) is 0.615. The van der Waals surface area contributed by atoms with Crippen LogP contribution in [0.5, 0.6) is 0 Å². The number of nitrogens with zero attached hydrogens (tertiary/aromatic N) is 3. The first-order valence-corrected chi connectivity index (χ1v) is 6.90. The van der Waals surface area contributed by atoms with Crippen molar-refractivity contribution in [3.05, 3.63) is 11.9 Å². The molecule has 7 nitrogen and oxygen atoms in total. The average molecular weight is 280 g/mol. The summed E-state index contributed by atoms with van der Waals surface area (Å²) in [6.45, 7) is 6.47. The highest BCUT2D eigenvalue weighted by molar-refractivity contribution is 6.02. The van der Waals surface area contributed by atoms with Crippen molar-refractivity contribution in [3.63, 3.8) is 0 Å². The molecule has 2 amide bonds. The van der Waals surface area contributed by atoms with E-state index in [1.54, 1.807) is 16.5 Å². The van der Waals surface area contributed by atoms with Crippen LogP contribution in [0.25, 0.3) is 0 Å². The molecule has 7 heteroatoms. The number of carbonyl (C=O) groups excluding carboxylic acids is 2. The minimum absolute atomic E-state index is 0.112. The number of anilines is 1. The van der Waals surface area contributed by atoms with Crippen molar-refractivity contribution in [2.45, 2.75) is 26.8 Å². The van der Waals surface area contributed by atoms with Gasteiger partial charge in [-0.05, 0) is 6.92 Å². The molecule has 0 radical (unpaired) electrons. The molecule has 110 valence electrons. The fourth-order valence-corrected chi connectivity index (χ4v) is 2.10. The highest BCUT2D eigenvalue weighted by Gasteiger charge is 2.25. The summed E-state index contributed by atoms with van der Waals surface area (Å²) in [4.78, 5) is 25.9. The highest BCUT2D eigenvalue weighted by atomic mass is 16.5. The maximum Gasteiger partial charge on any atom is 0.274 e. The van der Waals surface area contributed by atoms with Crippen molar-refractivity contribution in [1.29, 1.82) is 0 Å². The number of aryl methyl sites for hydroxylation is 1. The highest BCUT2D eigenvalue weighted by Crippen LogP contribution is 2.18. The third-order valence-corrected chi connectivity index (χ3v) is 3.24. The monoisotopic (exact) mass is 280 g/mol. The molecule has 1 aliphatic heterocycles. The second-order valence-corrected chi connectivity index (χ2v) is 4.53. The van der Waals surface area contributed by atoms with Gasteiger partial charge in [0.1, 0.15) is 5.69 Å². The number of nitrogens with one attached hydrogen (secondary N) is 1. The Morgan fingerprint density at radius 1 is 1.35 bits per heavy atom. The van der Waals surface area contributed by atoms with Gasteiger partial charge in [0.2, 0.25) is 5.91 Å². The predicted octanol–water partition coefficient (Wildman–Crippen LogP) is 0.724. The van der Waals surface area contributed by atoms with Gasteiger partial charge in [0.25, 0.3) is 5.91 Å². The molecule has 1 saturated heterocycles. The van der Waals surface area contributed by atoms with Crippen LogP contribution in [0, 0.1) is 0 Å². The van der Waals surface area contributed by atoms with Gasteiger partial charge in [-0.25, -0.2) is 0 Å². The zero-order chi connectivity index (χ0) is 14.5. The topological polar surface area (TPSA) is 76.5 Å². The molecular weight excluding hydrogens is 260 g/mol. The summed E-state index contributed by atoms with van der Waals surface area (Å²) in [5.74, 6) is -0.240. The molecule has 20 heavy (non-hydrogen) atoms. The number of rotatable bonds is 4. The lowest BCUT2D eigenvalue weighted by Gasteiger charge is -2.27. The molecule has 1 aromatic heterocycles. The summed E-state index contributed by atoms with van der Waals surface area (Å²) in [6.07, 6.45) is 1.90. The molecule has 2 heterocycles. The zero-order valence-corrected chi connectivity index (χ0v) is 11.9. The number of carbonyl (C=O) groups is 2. The molecule has 1 aromatic rings. The van der Waals surface area contributed by atoms with E-state index < -0.39 is 0 Å². The Balaban J connectivity index is 2.25. The fourth-order valence-electron chi connectivity index (χ4n) is 2.10. The maximum atomic E-state index is 12.6. The Hall–Kier alpha value is -1.89. The van der Waals surface area contributed by atoms with Crippen LogP contribution >= 0.6 is 0 Å². The molecule has 0 spiro atoms. The molecular formula is C13H20N4O3. The Kier molecular flexibility index (Phi) is 4.73. The van der Waals surface area contributed by atoms with Crippen LogP contribution in [-0.4, -0.2) is 52.8 Å². The van der Waals surface area contributed by atoms with Crippen LogP contribution in [0.15, 0.2) is 6.20 Å². The van der Waals surface area contributed by atoms with E-state index in [-0.39, 0.29) is 11.8 Å². The van der Waals surface area contributed by atoms with Crippen molar-refractivity contribution in [2.24, 2.45) is 0 Å². The van der Waals surface area contributed by atoms with E-state index in [1.807, 2.05) is 6.92 Å². The number of amides is 2. The first-order chi connectivity index (χ1) is 9.67. The minimum Gasteiger partial charge on any atom is -0.378 e. The Bertz CT molecular complexity index is 492. The van der Waals surface area contributed by atoms with Gasteiger partial charge in [-0.15, -0.1) is 0 Å². The van der Waals surface area contributed by atoms with E-state index in [1.165, 1.54) is 6.20 Å². The van der Waals surface area contributed by atoms with Crippen molar-refractivity contribution in [3.8, 4) is 0 Å². The van der Waals surface area contributed by atoms with Crippen LogP contribution < -0.4 is 5.32 Å². The SMILES string of the molecule is CCC(=O)Nc1cnn(CC)c1C(=O)N1CCOCC1. The standard InChI is InChI=1S/C13H20N4O3/c1-3-11(18)15-10-9-14-17(4-2)12(10)13(19)16-5-7-20-8-6-16/h9H,3-8H2,1-2H3,(H,15,18). The summed E-state index contributed by atoms with van der Waals surface area (Å²) < 4.78 is 6.86. The summed E-state index contributed by atoms with van der Waals surface area (Å²) in [6, 6.07) is 0. The number of hydrogen-bond acceptors (Lipinski definition) is 4. The normalized spacial score (nSPS) is 15.2. The van der Waals surface area contributed by atoms with Crippen LogP contribution in [-0.2, 0) is 16.1 Å². The molecule has 0 saturated carbocycles. The Morgan fingerprint density at radius 2 is 2.05 bits per heavy atom. The molecule has 0 atom stereocenters. The number of morpholine rings is 1. The van der Waals surface area contributed by atoms with Crippen molar-refractivity contribution >= 4 is 17.5 Å². The quantitative estimate of drug-likeness (QED) is 0.882. The molecule has 1 aliphatic rings. The van der Waals surface area contributed by atoms with Gasteiger partial charge >= 0.3 is 0 Å². The molecule has 0 unspecified atom stereocenters. The molecule has 0 bridgehead atoms. The average Bonchev–Trinajstić information content (AvgIpc) is 2.89. The lowest BCUT2D eigenvalue weighted by atomic mass is 10.2. The van der Waals surface area contributed by atoms with Crippen molar-refractivity contribution in [2.75, 3.05) is 31.6 Å². The Labute approximate surface area is 117 Å². The summed E-state index contributed by atoms with van der Waals surface area (Å²) in [5, 5.41) is 6.89. The van der Waals surface area contributed by atoms with Gasteiger partial charge in [0.15, 0.2) is 0 Å². The maximum absolute atomic E-state index is 12.6. The van der Waals surface area contributed by atoms with Gasteiger partial charge in [-0.2, -0.15) is 5.10 Å². The van der Waals surface area contributed by atoms with Crippen LogP contribution in [0.2, 0.25) is 0 Å². The van der Waals surface area contributed by atoms with Gasteiger partial charge in [0.05, 0.1) is 25.1 Å². The lowest BCUT2D eigenvalue weighted by Crippen LogP contribution is -2.41. The van der Waals surface area contributed by atoms with Gasteiger partial charge in [0, 0.05) is 26.1 Å². The molecule has 1 N–H and O–H groups in total. The van der Waals surface area contributed by atoms with Crippen LogP contribution in [0.3, 0.4) is 0 Å². The number of hydrogen-bond donors (Lipinski definition) is 1. The van der Waals surface area contributed by atoms with E-state index in [2.05, 4.69) is 10.4 Å². The number of aromatic nitrogens is 2. The lowest BCUT2D eigenvalue weighted by molar-refractivity contribution is -0.115. The smallest absolute Gasteiger partial charge is 0.274 e. The molecule has 0 aliphatic carbocycles. The summed E-state index contributed by atoms with van der Waals surface area (Å²) >= 11 is 0. The molecule has 1 fully saturated rings. The van der Waals surface area contributed by atoms with Crippen molar-refractivity contribution in [1.82, 2.24) is 14.7 Å². The first-order valence-electron chi connectivity index (χ1n) is 6.90. The summed E-state index contributed by atoms with van der Waals surface area (Å²) in [5.41, 5.74) is 0.923. The molecule has 0 aromatic carbocycles. The van der Waals surface area contributed by atoms with Gasteiger partial charge < -0.3 is 15.0 Å².